The average Bonchev–Trinajstić information content (AvgIpc) is 2.70. The van der Waals surface area contributed by atoms with E-state index in [2.05, 4.69) is 4.72 Å². The molecule has 0 atom stereocenters. The Morgan fingerprint density at radius 1 is 0.828 bits per heavy atom. The van der Waals surface area contributed by atoms with Crippen LogP contribution < -0.4 is 9.03 Å². The molecule has 29 heavy (non-hydrogen) atoms. The molecule has 1 N–H and O–H groups in total. The van der Waals surface area contributed by atoms with Crippen LogP contribution in [0.5, 0.6) is 0 Å². The largest absolute Gasteiger partial charge is 0.280 e. The summed E-state index contributed by atoms with van der Waals surface area (Å²) < 4.78 is 54.7. The van der Waals surface area contributed by atoms with Crippen LogP contribution in [-0.2, 0) is 20.0 Å². The minimum absolute atomic E-state index is 0.0113. The van der Waals surface area contributed by atoms with E-state index in [9.17, 15) is 16.8 Å². The van der Waals surface area contributed by atoms with Crippen molar-refractivity contribution in [2.24, 2.45) is 0 Å². The SMILES string of the molecule is Cc1ccc(S(=O)(=O)Nc2cccc(S(=O)(=O)N(C)c3ccccc3)c2)cc1Cl. The van der Waals surface area contributed by atoms with Crippen LogP contribution in [-0.4, -0.2) is 23.9 Å². The molecular weight excluding hydrogens is 432 g/mol. The molecule has 0 amide bonds. The van der Waals surface area contributed by atoms with Crippen molar-refractivity contribution in [1.82, 2.24) is 0 Å². The number of hydrogen-bond acceptors (Lipinski definition) is 4. The summed E-state index contributed by atoms with van der Waals surface area (Å²) in [5.74, 6) is 0. The summed E-state index contributed by atoms with van der Waals surface area (Å²) >= 11 is 6.02. The average molecular weight is 451 g/mol. The second kappa shape index (κ2) is 8.06. The standard InChI is InChI=1S/C20H19ClN2O4S2/c1-15-11-12-18(14-20(15)21)28(24,25)22-16-7-6-10-19(13-16)29(26,27)23(2)17-8-4-3-5-9-17/h3-14,22H,1-2H3. The van der Waals surface area contributed by atoms with E-state index in [0.717, 1.165) is 9.87 Å². The van der Waals surface area contributed by atoms with Crippen LogP contribution in [0.2, 0.25) is 5.02 Å². The van der Waals surface area contributed by atoms with Gasteiger partial charge in [-0.15, -0.1) is 0 Å². The van der Waals surface area contributed by atoms with Crippen molar-refractivity contribution in [2.45, 2.75) is 16.7 Å². The van der Waals surface area contributed by atoms with E-state index < -0.39 is 20.0 Å². The van der Waals surface area contributed by atoms with E-state index in [1.807, 2.05) is 0 Å². The molecule has 0 heterocycles. The number of halogens is 1. The molecule has 0 spiro atoms. The van der Waals surface area contributed by atoms with Gasteiger partial charge in [0.05, 0.1) is 21.2 Å². The van der Waals surface area contributed by atoms with Gasteiger partial charge in [0.15, 0.2) is 0 Å². The summed E-state index contributed by atoms with van der Waals surface area (Å²) in [6.07, 6.45) is 0. The molecule has 0 fully saturated rings. The molecule has 3 aromatic carbocycles. The van der Waals surface area contributed by atoms with Gasteiger partial charge >= 0.3 is 0 Å². The van der Waals surface area contributed by atoms with E-state index >= 15 is 0 Å². The molecule has 152 valence electrons. The van der Waals surface area contributed by atoms with E-state index in [1.54, 1.807) is 43.3 Å². The smallest absolute Gasteiger partial charge is 0.264 e. The molecule has 9 heteroatoms. The summed E-state index contributed by atoms with van der Waals surface area (Å²) in [6.45, 7) is 1.77. The van der Waals surface area contributed by atoms with Gasteiger partial charge in [-0.3, -0.25) is 9.03 Å². The molecule has 0 aliphatic rings. The number of rotatable bonds is 6. The highest BCUT2D eigenvalue weighted by molar-refractivity contribution is 7.93. The monoisotopic (exact) mass is 450 g/mol. The molecule has 0 radical (unpaired) electrons. The second-order valence-electron chi connectivity index (χ2n) is 6.35. The lowest BCUT2D eigenvalue weighted by Gasteiger charge is -2.20. The Labute approximate surface area is 175 Å². The quantitative estimate of drug-likeness (QED) is 0.607. The molecular formula is C20H19ClN2O4S2. The first kappa shape index (κ1) is 21.2. The third-order valence-corrected chi connectivity index (χ3v) is 7.89. The highest BCUT2D eigenvalue weighted by atomic mass is 35.5. The normalized spacial score (nSPS) is 11.8. The molecule has 6 nitrogen and oxygen atoms in total. The summed E-state index contributed by atoms with van der Waals surface area (Å²) in [4.78, 5) is -0.0474. The number of nitrogens with zero attached hydrogens (tertiary/aromatic N) is 1. The highest BCUT2D eigenvalue weighted by Crippen LogP contribution is 2.26. The fraction of sp³-hybridized carbons (Fsp3) is 0.100. The molecule has 3 aromatic rings. The van der Waals surface area contributed by atoms with Crippen LogP contribution in [0, 0.1) is 6.92 Å². The van der Waals surface area contributed by atoms with Crippen molar-refractivity contribution >= 4 is 43.0 Å². The number of benzene rings is 3. The lowest BCUT2D eigenvalue weighted by molar-refractivity contribution is 0.593. The zero-order valence-electron chi connectivity index (χ0n) is 15.7. The first-order valence-corrected chi connectivity index (χ1v) is 11.8. The zero-order valence-corrected chi connectivity index (χ0v) is 18.1. The van der Waals surface area contributed by atoms with Crippen LogP contribution in [0.4, 0.5) is 11.4 Å². The number of para-hydroxylation sites is 1. The second-order valence-corrected chi connectivity index (χ2v) is 10.4. The number of sulfonamides is 2. The van der Waals surface area contributed by atoms with E-state index in [0.29, 0.717) is 10.7 Å². The topological polar surface area (TPSA) is 83.5 Å². The predicted molar refractivity (Wildman–Crippen MR) is 115 cm³/mol. The predicted octanol–water partition coefficient (Wildman–Crippen LogP) is 4.27. The summed E-state index contributed by atoms with van der Waals surface area (Å²) in [6, 6.07) is 18.6. The highest BCUT2D eigenvalue weighted by Gasteiger charge is 2.22. The Balaban J connectivity index is 1.92. The molecule has 0 aromatic heterocycles. The fourth-order valence-electron chi connectivity index (χ4n) is 2.61. The summed E-state index contributed by atoms with van der Waals surface area (Å²) in [5, 5.41) is 0.327. The van der Waals surface area contributed by atoms with Gasteiger partial charge in [-0.25, -0.2) is 16.8 Å². The maximum Gasteiger partial charge on any atom is 0.264 e. The van der Waals surface area contributed by atoms with Crippen molar-refractivity contribution in [2.75, 3.05) is 16.1 Å². The third-order valence-electron chi connectivity index (χ3n) is 4.32. The van der Waals surface area contributed by atoms with Crippen molar-refractivity contribution in [3.63, 3.8) is 0 Å². The molecule has 0 aliphatic carbocycles. The Hall–Kier alpha value is -2.55. The van der Waals surface area contributed by atoms with E-state index in [-0.39, 0.29) is 15.5 Å². The Kier molecular flexibility index (Phi) is 5.88. The van der Waals surface area contributed by atoms with Gasteiger partial charge < -0.3 is 0 Å². The molecule has 0 saturated heterocycles. The molecule has 0 unspecified atom stereocenters. The first-order valence-electron chi connectivity index (χ1n) is 8.54. The van der Waals surface area contributed by atoms with E-state index in [1.165, 1.54) is 43.4 Å². The van der Waals surface area contributed by atoms with Gasteiger partial charge in [0.2, 0.25) is 0 Å². The van der Waals surface area contributed by atoms with Gasteiger partial charge in [-0.1, -0.05) is 41.9 Å². The number of aryl methyl sites for hydroxylation is 1. The van der Waals surface area contributed by atoms with Crippen molar-refractivity contribution in [3.8, 4) is 0 Å². The first-order chi connectivity index (χ1) is 13.6. The van der Waals surface area contributed by atoms with Gasteiger partial charge in [0, 0.05) is 12.1 Å². The van der Waals surface area contributed by atoms with Crippen molar-refractivity contribution in [1.29, 1.82) is 0 Å². The fourth-order valence-corrected chi connectivity index (χ4v) is 5.17. The minimum atomic E-state index is -3.93. The Morgan fingerprint density at radius 3 is 2.17 bits per heavy atom. The van der Waals surface area contributed by atoms with Gasteiger partial charge in [0.1, 0.15) is 0 Å². The number of anilines is 2. The van der Waals surface area contributed by atoms with Crippen LogP contribution in [0.1, 0.15) is 5.56 Å². The molecule has 0 bridgehead atoms. The van der Waals surface area contributed by atoms with E-state index in [4.69, 9.17) is 11.6 Å². The lowest BCUT2D eigenvalue weighted by Crippen LogP contribution is -2.26. The summed E-state index contributed by atoms with van der Waals surface area (Å²) in [5.41, 5.74) is 1.37. The van der Waals surface area contributed by atoms with Crippen LogP contribution in [0.25, 0.3) is 0 Å². The van der Waals surface area contributed by atoms with Gasteiger partial charge in [0.25, 0.3) is 20.0 Å². The van der Waals surface area contributed by atoms with Crippen LogP contribution in [0.15, 0.2) is 82.6 Å². The number of hydrogen-bond donors (Lipinski definition) is 1. The molecule has 3 rings (SSSR count). The van der Waals surface area contributed by atoms with Crippen LogP contribution >= 0.6 is 11.6 Å². The van der Waals surface area contributed by atoms with Crippen molar-refractivity contribution < 1.29 is 16.8 Å². The molecule has 0 aliphatic heterocycles. The maximum absolute atomic E-state index is 12.9. The van der Waals surface area contributed by atoms with Gasteiger partial charge in [-0.05, 0) is 55.0 Å². The Bertz CT molecular complexity index is 1240. The minimum Gasteiger partial charge on any atom is -0.280 e. The number of nitrogens with one attached hydrogen (secondary N) is 1. The van der Waals surface area contributed by atoms with Crippen molar-refractivity contribution in [3.05, 3.63) is 83.4 Å². The maximum atomic E-state index is 12.9. The molecule has 0 saturated carbocycles. The Morgan fingerprint density at radius 2 is 1.52 bits per heavy atom. The zero-order chi connectivity index (χ0) is 21.2. The van der Waals surface area contributed by atoms with Crippen LogP contribution in [0.3, 0.4) is 0 Å². The summed E-state index contributed by atoms with van der Waals surface area (Å²) in [7, 11) is -6.36. The third kappa shape index (κ3) is 4.55. The lowest BCUT2D eigenvalue weighted by atomic mass is 10.2. The van der Waals surface area contributed by atoms with Gasteiger partial charge in [-0.2, -0.15) is 0 Å².